The van der Waals surface area contributed by atoms with E-state index in [0.717, 1.165) is 12.8 Å². The second-order valence-corrected chi connectivity index (χ2v) is 6.30. The third-order valence-corrected chi connectivity index (χ3v) is 4.11. The molecular formula is C15H28N2O3. The molecule has 3 atom stereocenters. The smallest absolute Gasteiger partial charge is 0.317 e. The minimum Gasteiger partial charge on any atom is -0.481 e. The van der Waals surface area contributed by atoms with Crippen LogP contribution in [0.1, 0.15) is 53.4 Å². The van der Waals surface area contributed by atoms with Gasteiger partial charge in [-0.05, 0) is 44.9 Å². The molecule has 1 rings (SSSR count). The van der Waals surface area contributed by atoms with Crippen LogP contribution in [-0.4, -0.2) is 40.6 Å². The highest BCUT2D eigenvalue weighted by Gasteiger charge is 2.28. The second-order valence-electron chi connectivity index (χ2n) is 6.30. The molecule has 0 aromatic rings. The molecule has 1 aliphatic carbocycles. The van der Waals surface area contributed by atoms with Crippen molar-refractivity contribution in [2.45, 2.75) is 65.5 Å². The lowest BCUT2D eigenvalue weighted by atomic mass is 9.80. The fraction of sp³-hybridized carbons (Fsp3) is 0.867. The van der Waals surface area contributed by atoms with Crippen molar-refractivity contribution < 1.29 is 14.7 Å². The highest BCUT2D eigenvalue weighted by Crippen LogP contribution is 2.28. The number of nitrogens with one attached hydrogen (secondary N) is 1. The number of carboxylic acids is 1. The number of hydrogen-bond donors (Lipinski definition) is 2. The van der Waals surface area contributed by atoms with Crippen LogP contribution in [0.3, 0.4) is 0 Å². The topological polar surface area (TPSA) is 69.6 Å². The van der Waals surface area contributed by atoms with Gasteiger partial charge < -0.3 is 15.3 Å². The summed E-state index contributed by atoms with van der Waals surface area (Å²) in [6, 6.07) is -0.198. The Morgan fingerprint density at radius 1 is 1.25 bits per heavy atom. The van der Waals surface area contributed by atoms with Gasteiger partial charge in [0.05, 0.1) is 6.42 Å². The van der Waals surface area contributed by atoms with Crippen molar-refractivity contribution in [1.82, 2.24) is 10.2 Å². The Hall–Kier alpha value is -1.26. The van der Waals surface area contributed by atoms with Crippen LogP contribution in [0.15, 0.2) is 0 Å². The SMILES string of the molecule is CCN(C(=O)NC1CC(C)CC(C)C1)C(C)CC(=O)O. The maximum atomic E-state index is 12.3. The van der Waals surface area contributed by atoms with Gasteiger partial charge in [0, 0.05) is 18.6 Å². The van der Waals surface area contributed by atoms with Gasteiger partial charge in [-0.15, -0.1) is 0 Å². The Morgan fingerprint density at radius 2 is 1.80 bits per heavy atom. The number of carbonyl (C=O) groups excluding carboxylic acids is 1. The predicted molar refractivity (Wildman–Crippen MR) is 78.6 cm³/mol. The molecule has 116 valence electrons. The molecule has 0 saturated heterocycles. The molecule has 1 saturated carbocycles. The zero-order chi connectivity index (χ0) is 15.3. The Balaban J connectivity index is 2.56. The third-order valence-electron chi connectivity index (χ3n) is 4.11. The molecular weight excluding hydrogens is 256 g/mol. The van der Waals surface area contributed by atoms with Gasteiger partial charge in [-0.3, -0.25) is 4.79 Å². The van der Waals surface area contributed by atoms with Gasteiger partial charge in [0.25, 0.3) is 0 Å². The molecule has 2 amide bonds. The van der Waals surface area contributed by atoms with Crippen LogP contribution < -0.4 is 5.32 Å². The summed E-state index contributed by atoms with van der Waals surface area (Å²) >= 11 is 0. The van der Waals surface area contributed by atoms with Crippen molar-refractivity contribution in [1.29, 1.82) is 0 Å². The number of carbonyl (C=O) groups is 2. The average molecular weight is 284 g/mol. The molecule has 0 aliphatic heterocycles. The van der Waals surface area contributed by atoms with Crippen LogP contribution >= 0.6 is 0 Å². The fourth-order valence-corrected chi connectivity index (χ4v) is 3.34. The number of nitrogens with zero attached hydrogens (tertiary/aromatic N) is 1. The summed E-state index contributed by atoms with van der Waals surface area (Å²) in [7, 11) is 0. The first-order chi connectivity index (χ1) is 9.33. The molecule has 0 aromatic carbocycles. The molecule has 0 aromatic heterocycles. The molecule has 20 heavy (non-hydrogen) atoms. The Kier molecular flexibility index (Phi) is 6.30. The van der Waals surface area contributed by atoms with Crippen molar-refractivity contribution in [2.75, 3.05) is 6.54 Å². The van der Waals surface area contributed by atoms with Crippen LogP contribution in [-0.2, 0) is 4.79 Å². The number of urea groups is 1. The monoisotopic (exact) mass is 284 g/mol. The largest absolute Gasteiger partial charge is 0.481 e. The summed E-state index contributed by atoms with van der Waals surface area (Å²) in [6.07, 6.45) is 3.24. The third kappa shape index (κ3) is 5.02. The maximum Gasteiger partial charge on any atom is 0.317 e. The standard InChI is InChI=1S/C15H28N2O3/c1-5-17(12(4)9-14(18)19)15(20)16-13-7-10(2)6-11(3)8-13/h10-13H,5-9H2,1-4H3,(H,16,20)(H,18,19). The predicted octanol–water partition coefficient (Wildman–Crippen LogP) is 2.71. The number of rotatable bonds is 5. The van der Waals surface area contributed by atoms with E-state index in [1.54, 1.807) is 11.8 Å². The van der Waals surface area contributed by atoms with Gasteiger partial charge in [-0.1, -0.05) is 13.8 Å². The maximum absolute atomic E-state index is 12.3. The molecule has 5 nitrogen and oxygen atoms in total. The van der Waals surface area contributed by atoms with Crippen molar-refractivity contribution >= 4 is 12.0 Å². The summed E-state index contributed by atoms with van der Waals surface area (Å²) in [5.74, 6) is 0.398. The van der Waals surface area contributed by atoms with Crippen LogP contribution in [0, 0.1) is 11.8 Å². The minimum absolute atomic E-state index is 0.0151. The normalized spacial score (nSPS) is 27.7. The van der Waals surface area contributed by atoms with E-state index in [2.05, 4.69) is 19.2 Å². The zero-order valence-electron chi connectivity index (χ0n) is 13.1. The van der Waals surface area contributed by atoms with E-state index >= 15 is 0 Å². The van der Waals surface area contributed by atoms with E-state index < -0.39 is 5.97 Å². The minimum atomic E-state index is -0.872. The van der Waals surface area contributed by atoms with Crippen LogP contribution in [0.4, 0.5) is 4.79 Å². The molecule has 3 unspecified atom stereocenters. The van der Waals surface area contributed by atoms with Gasteiger partial charge >= 0.3 is 12.0 Å². The molecule has 2 N–H and O–H groups in total. The average Bonchev–Trinajstić information content (AvgIpc) is 2.26. The molecule has 0 heterocycles. The molecule has 1 aliphatic rings. The Labute approximate surface area is 121 Å². The van der Waals surface area contributed by atoms with E-state index in [0.29, 0.717) is 18.4 Å². The van der Waals surface area contributed by atoms with Crippen LogP contribution in [0.2, 0.25) is 0 Å². The molecule has 0 radical (unpaired) electrons. The number of hydrogen-bond acceptors (Lipinski definition) is 2. The molecule has 0 bridgehead atoms. The van der Waals surface area contributed by atoms with Crippen molar-refractivity contribution in [3.8, 4) is 0 Å². The fourth-order valence-electron chi connectivity index (χ4n) is 3.34. The van der Waals surface area contributed by atoms with Crippen molar-refractivity contribution in [3.63, 3.8) is 0 Å². The lowest BCUT2D eigenvalue weighted by molar-refractivity contribution is -0.138. The molecule has 1 fully saturated rings. The van der Waals surface area contributed by atoms with E-state index in [-0.39, 0.29) is 24.5 Å². The second kappa shape index (κ2) is 7.50. The summed E-state index contributed by atoms with van der Waals surface area (Å²) in [4.78, 5) is 24.7. The number of amides is 2. The Morgan fingerprint density at radius 3 is 2.25 bits per heavy atom. The van der Waals surface area contributed by atoms with Crippen molar-refractivity contribution in [2.24, 2.45) is 11.8 Å². The number of carboxylic acid groups (broad SMARTS) is 1. The first kappa shape index (κ1) is 16.8. The van der Waals surface area contributed by atoms with E-state index in [4.69, 9.17) is 5.11 Å². The lowest BCUT2D eigenvalue weighted by Crippen LogP contribution is -2.50. The van der Waals surface area contributed by atoms with Gasteiger partial charge in [-0.2, -0.15) is 0 Å². The Bertz CT molecular complexity index is 336. The summed E-state index contributed by atoms with van der Waals surface area (Å²) < 4.78 is 0. The van der Waals surface area contributed by atoms with Crippen LogP contribution in [0.5, 0.6) is 0 Å². The van der Waals surface area contributed by atoms with E-state index in [1.165, 1.54) is 6.42 Å². The number of aliphatic carboxylic acids is 1. The summed E-state index contributed by atoms with van der Waals surface area (Å²) in [5, 5.41) is 11.9. The lowest BCUT2D eigenvalue weighted by Gasteiger charge is -2.35. The highest BCUT2D eigenvalue weighted by atomic mass is 16.4. The summed E-state index contributed by atoms with van der Waals surface area (Å²) in [5.41, 5.74) is 0. The zero-order valence-corrected chi connectivity index (χ0v) is 13.1. The summed E-state index contributed by atoms with van der Waals surface area (Å²) in [6.45, 7) is 8.63. The molecule has 5 heteroatoms. The van der Waals surface area contributed by atoms with Crippen molar-refractivity contribution in [3.05, 3.63) is 0 Å². The quantitative estimate of drug-likeness (QED) is 0.815. The van der Waals surface area contributed by atoms with E-state index in [9.17, 15) is 9.59 Å². The highest BCUT2D eigenvalue weighted by molar-refractivity contribution is 5.76. The first-order valence-electron chi connectivity index (χ1n) is 7.62. The van der Waals surface area contributed by atoms with Gasteiger partial charge in [0.1, 0.15) is 0 Å². The van der Waals surface area contributed by atoms with Gasteiger partial charge in [-0.25, -0.2) is 4.79 Å². The first-order valence-corrected chi connectivity index (χ1v) is 7.62. The van der Waals surface area contributed by atoms with Gasteiger partial charge in [0.2, 0.25) is 0 Å². The van der Waals surface area contributed by atoms with Crippen LogP contribution in [0.25, 0.3) is 0 Å². The van der Waals surface area contributed by atoms with E-state index in [1.807, 2.05) is 6.92 Å². The van der Waals surface area contributed by atoms with Gasteiger partial charge in [0.15, 0.2) is 0 Å². The molecule has 0 spiro atoms.